The second-order valence-electron chi connectivity index (χ2n) is 5.75. The van der Waals surface area contributed by atoms with Crippen LogP contribution in [0.1, 0.15) is 37.8 Å². The van der Waals surface area contributed by atoms with Gasteiger partial charge >= 0.3 is 0 Å². The highest BCUT2D eigenvalue weighted by Gasteiger charge is 2.25. The normalized spacial score (nSPS) is 19.6. The summed E-state index contributed by atoms with van der Waals surface area (Å²) in [5.41, 5.74) is 1.67. The van der Waals surface area contributed by atoms with E-state index in [1.165, 1.54) is 32.1 Å². The number of hydrogen-bond acceptors (Lipinski definition) is 5. The van der Waals surface area contributed by atoms with E-state index in [2.05, 4.69) is 14.8 Å². The number of aromatic nitrogens is 2. The Morgan fingerprint density at radius 1 is 0.950 bits per heavy atom. The molecule has 6 heteroatoms. The average Bonchev–Trinajstić information content (AvgIpc) is 2.99. The average molecular weight is 277 g/mol. The highest BCUT2D eigenvalue weighted by atomic mass is 16.5. The first-order valence-electron chi connectivity index (χ1n) is 7.56. The highest BCUT2D eigenvalue weighted by Crippen LogP contribution is 2.33. The van der Waals surface area contributed by atoms with E-state index in [4.69, 9.17) is 5.41 Å². The Morgan fingerprint density at radius 3 is 2.15 bits per heavy atom. The monoisotopic (exact) mass is 277 g/mol. The van der Waals surface area contributed by atoms with E-state index in [-0.39, 0.29) is 5.62 Å². The summed E-state index contributed by atoms with van der Waals surface area (Å²) in [4.78, 5) is 8.94. The third kappa shape index (κ3) is 2.23. The topological polar surface area (TPSA) is 68.4 Å². The van der Waals surface area contributed by atoms with Crippen molar-refractivity contribution in [3.05, 3.63) is 11.3 Å². The minimum Gasteiger partial charge on any atom is -0.425 e. The molecule has 2 aliphatic heterocycles. The zero-order valence-electron chi connectivity index (χ0n) is 12.1. The molecule has 0 saturated carbocycles. The maximum absolute atomic E-state index is 10.0. The molecular weight excluding hydrogens is 254 g/mol. The molecule has 3 rings (SSSR count). The van der Waals surface area contributed by atoms with Crippen LogP contribution in [0, 0.1) is 12.3 Å². The van der Waals surface area contributed by atoms with Gasteiger partial charge < -0.3 is 15.0 Å². The van der Waals surface area contributed by atoms with Gasteiger partial charge in [0.2, 0.25) is 0 Å². The maximum Gasteiger partial charge on any atom is 0.257 e. The fourth-order valence-corrected chi connectivity index (χ4v) is 3.26. The van der Waals surface area contributed by atoms with Gasteiger partial charge in [-0.15, -0.1) is 0 Å². The number of piperidine rings is 1. The maximum atomic E-state index is 10.0. The first-order chi connectivity index (χ1) is 9.68. The lowest BCUT2D eigenvalue weighted by Crippen LogP contribution is -2.37. The molecule has 20 heavy (non-hydrogen) atoms. The number of hydrogen-bond donors (Lipinski definition) is 2. The van der Waals surface area contributed by atoms with Crippen LogP contribution in [0.25, 0.3) is 0 Å². The Bertz CT molecular complexity index is 541. The van der Waals surface area contributed by atoms with Crippen molar-refractivity contribution in [1.82, 2.24) is 9.71 Å². The molecule has 0 spiro atoms. The first kappa shape index (κ1) is 13.3. The van der Waals surface area contributed by atoms with E-state index >= 15 is 0 Å². The van der Waals surface area contributed by atoms with E-state index in [1.807, 2.05) is 6.92 Å². The first-order valence-corrected chi connectivity index (χ1v) is 7.56. The van der Waals surface area contributed by atoms with Crippen LogP contribution in [0.3, 0.4) is 0 Å². The fraction of sp³-hybridized carbons (Fsp3) is 0.714. The van der Waals surface area contributed by atoms with E-state index in [0.717, 1.165) is 48.1 Å². The third-order valence-corrected chi connectivity index (χ3v) is 4.36. The summed E-state index contributed by atoms with van der Waals surface area (Å²) < 4.78 is 0.906. The minimum atomic E-state index is -0.0786. The predicted molar refractivity (Wildman–Crippen MR) is 77.5 cm³/mol. The molecule has 0 unspecified atom stereocenters. The van der Waals surface area contributed by atoms with Gasteiger partial charge in [0.05, 0.1) is 5.69 Å². The number of nitrogens with zero attached hydrogens (tertiary/aromatic N) is 4. The Labute approximate surface area is 119 Å². The van der Waals surface area contributed by atoms with Gasteiger partial charge in [0.15, 0.2) is 5.82 Å². The van der Waals surface area contributed by atoms with Crippen molar-refractivity contribution in [2.24, 2.45) is 0 Å². The minimum absolute atomic E-state index is 0.0786. The smallest absolute Gasteiger partial charge is 0.257 e. The molecule has 2 aliphatic rings. The lowest BCUT2D eigenvalue weighted by molar-refractivity contribution is 0.159. The molecule has 1 aromatic rings. The second-order valence-corrected chi connectivity index (χ2v) is 5.75. The summed E-state index contributed by atoms with van der Waals surface area (Å²) in [6.45, 7) is 5.91. The van der Waals surface area contributed by atoms with Crippen LogP contribution in [0.5, 0.6) is 0 Å². The van der Waals surface area contributed by atoms with Crippen LogP contribution < -0.4 is 15.4 Å². The van der Waals surface area contributed by atoms with Crippen molar-refractivity contribution in [2.75, 3.05) is 36.0 Å². The number of nitrogens with one attached hydrogen (secondary N) is 1. The van der Waals surface area contributed by atoms with Crippen LogP contribution in [-0.4, -0.2) is 41.1 Å². The van der Waals surface area contributed by atoms with E-state index in [1.54, 1.807) is 0 Å². The molecule has 0 atom stereocenters. The fourth-order valence-electron chi connectivity index (χ4n) is 3.26. The van der Waals surface area contributed by atoms with Gasteiger partial charge in [0, 0.05) is 26.2 Å². The van der Waals surface area contributed by atoms with Gasteiger partial charge in [-0.2, -0.15) is 9.71 Å². The van der Waals surface area contributed by atoms with Gasteiger partial charge in [-0.25, -0.2) is 0 Å². The van der Waals surface area contributed by atoms with Crippen molar-refractivity contribution >= 4 is 11.5 Å². The zero-order valence-corrected chi connectivity index (χ0v) is 12.1. The standard InChI is InChI=1S/C14H23N5O/c1-11-12(17-7-3-2-4-8-17)13(16-14(15)19(11)20)18-9-5-6-10-18/h15,20H,2-10H2,1H3. The van der Waals surface area contributed by atoms with Crippen molar-refractivity contribution < 1.29 is 5.21 Å². The summed E-state index contributed by atoms with van der Waals surface area (Å²) in [5.74, 6) is 0.886. The molecule has 3 heterocycles. The quantitative estimate of drug-likeness (QED) is 0.804. The lowest BCUT2D eigenvalue weighted by atomic mass is 10.1. The van der Waals surface area contributed by atoms with Gasteiger partial charge in [-0.3, -0.25) is 5.41 Å². The molecule has 0 aliphatic carbocycles. The Morgan fingerprint density at radius 2 is 1.50 bits per heavy atom. The van der Waals surface area contributed by atoms with Gasteiger partial charge in [-0.1, -0.05) is 0 Å². The van der Waals surface area contributed by atoms with Crippen LogP contribution in [0.4, 0.5) is 11.5 Å². The van der Waals surface area contributed by atoms with E-state index < -0.39 is 0 Å². The number of rotatable bonds is 2. The summed E-state index contributed by atoms with van der Waals surface area (Å²) in [5, 5.41) is 17.8. The molecule has 0 amide bonds. The molecule has 110 valence electrons. The molecule has 2 N–H and O–H groups in total. The largest absolute Gasteiger partial charge is 0.425 e. The van der Waals surface area contributed by atoms with E-state index in [9.17, 15) is 5.21 Å². The van der Waals surface area contributed by atoms with Gasteiger partial charge in [0.25, 0.3) is 5.62 Å². The van der Waals surface area contributed by atoms with Crippen molar-refractivity contribution in [3.63, 3.8) is 0 Å². The van der Waals surface area contributed by atoms with Crippen LogP contribution in [-0.2, 0) is 0 Å². The predicted octanol–water partition coefficient (Wildman–Crippen LogP) is 1.50. The van der Waals surface area contributed by atoms with Crippen LogP contribution >= 0.6 is 0 Å². The molecule has 0 aromatic carbocycles. The Balaban J connectivity index is 2.08. The molecule has 6 nitrogen and oxygen atoms in total. The second kappa shape index (κ2) is 5.34. The summed E-state index contributed by atoms with van der Waals surface area (Å²) in [6.07, 6.45) is 6.01. The lowest BCUT2D eigenvalue weighted by Gasteiger charge is -2.33. The molecule has 2 saturated heterocycles. The summed E-state index contributed by atoms with van der Waals surface area (Å²) in [6, 6.07) is 0. The summed E-state index contributed by atoms with van der Waals surface area (Å²) >= 11 is 0. The zero-order chi connectivity index (χ0) is 14.1. The molecule has 0 radical (unpaired) electrons. The Hall–Kier alpha value is -1.72. The van der Waals surface area contributed by atoms with Crippen LogP contribution in [0.15, 0.2) is 0 Å². The highest BCUT2D eigenvalue weighted by molar-refractivity contribution is 5.69. The molecule has 0 bridgehead atoms. The Kier molecular flexibility index (Phi) is 3.54. The summed E-state index contributed by atoms with van der Waals surface area (Å²) in [7, 11) is 0. The van der Waals surface area contributed by atoms with Crippen molar-refractivity contribution in [3.8, 4) is 0 Å². The molecular formula is C14H23N5O. The van der Waals surface area contributed by atoms with Crippen molar-refractivity contribution in [1.29, 1.82) is 5.41 Å². The third-order valence-electron chi connectivity index (χ3n) is 4.36. The molecule has 2 fully saturated rings. The van der Waals surface area contributed by atoms with Crippen LogP contribution in [0.2, 0.25) is 0 Å². The SMILES string of the molecule is Cc1c(N2CCCCC2)c(N2CCCC2)nc(=N)n1O. The van der Waals surface area contributed by atoms with E-state index in [0.29, 0.717) is 0 Å². The van der Waals surface area contributed by atoms with Gasteiger partial charge in [-0.05, 0) is 39.0 Å². The number of anilines is 2. The van der Waals surface area contributed by atoms with Crippen molar-refractivity contribution in [2.45, 2.75) is 39.0 Å². The van der Waals surface area contributed by atoms with Gasteiger partial charge in [0.1, 0.15) is 5.69 Å². The molecule has 1 aromatic heterocycles.